The summed E-state index contributed by atoms with van der Waals surface area (Å²) in [6, 6.07) is 5.54. The number of rotatable bonds is 4. The van der Waals surface area contributed by atoms with E-state index in [1.54, 1.807) is 19.2 Å². The molecular formula is C13H18N2O3. The van der Waals surface area contributed by atoms with Crippen LogP contribution in [0.25, 0.3) is 0 Å². The molecule has 0 unspecified atom stereocenters. The number of nitrogens with zero attached hydrogens (tertiary/aromatic N) is 1. The molecular weight excluding hydrogens is 232 g/mol. The lowest BCUT2D eigenvalue weighted by Gasteiger charge is -2.23. The van der Waals surface area contributed by atoms with E-state index in [1.807, 2.05) is 13.8 Å². The number of amides is 1. The van der Waals surface area contributed by atoms with Crippen LogP contribution >= 0.6 is 0 Å². The Bertz CT molecular complexity index is 440. The molecule has 0 fully saturated rings. The van der Waals surface area contributed by atoms with Gasteiger partial charge in [-0.1, -0.05) is 13.8 Å². The highest BCUT2D eigenvalue weighted by Crippen LogP contribution is 2.16. The first-order chi connectivity index (χ1) is 8.34. The molecule has 5 heteroatoms. The first kappa shape index (κ1) is 14.2. The summed E-state index contributed by atoms with van der Waals surface area (Å²) in [7, 11) is 1.63. The van der Waals surface area contributed by atoms with Crippen LogP contribution in [0, 0.1) is 5.92 Å². The molecule has 1 rings (SSSR count). The van der Waals surface area contributed by atoms with Crippen LogP contribution in [-0.4, -0.2) is 30.1 Å². The van der Waals surface area contributed by atoms with Crippen molar-refractivity contribution in [2.45, 2.75) is 19.9 Å². The Morgan fingerprint density at radius 3 is 2.11 bits per heavy atom. The van der Waals surface area contributed by atoms with Crippen molar-refractivity contribution in [3.63, 3.8) is 0 Å². The SMILES string of the molecule is CC(C)[C@H](N)C(=O)N(C)c1ccc(C(=O)O)cc1. The maximum absolute atomic E-state index is 12.0. The molecule has 1 aromatic rings. The predicted molar refractivity (Wildman–Crippen MR) is 69.6 cm³/mol. The molecule has 5 nitrogen and oxygen atoms in total. The molecule has 0 heterocycles. The molecule has 1 amide bonds. The van der Waals surface area contributed by atoms with E-state index < -0.39 is 12.0 Å². The molecule has 0 saturated heterocycles. The standard InChI is InChI=1S/C13H18N2O3/c1-8(2)11(14)12(16)15(3)10-6-4-9(5-7-10)13(17)18/h4-8,11H,14H2,1-3H3,(H,17,18)/t11-/m0/s1. The summed E-state index contributed by atoms with van der Waals surface area (Å²) in [5, 5.41) is 8.78. The summed E-state index contributed by atoms with van der Waals surface area (Å²) < 4.78 is 0. The van der Waals surface area contributed by atoms with Crippen molar-refractivity contribution < 1.29 is 14.7 Å². The van der Waals surface area contributed by atoms with E-state index in [2.05, 4.69) is 0 Å². The summed E-state index contributed by atoms with van der Waals surface area (Å²) in [5.74, 6) is -1.12. The minimum Gasteiger partial charge on any atom is -0.478 e. The topological polar surface area (TPSA) is 83.6 Å². The van der Waals surface area contributed by atoms with Crippen molar-refractivity contribution in [3.8, 4) is 0 Å². The minimum atomic E-state index is -0.991. The average Bonchev–Trinajstić information content (AvgIpc) is 2.36. The van der Waals surface area contributed by atoms with Crippen LogP contribution < -0.4 is 10.6 Å². The Hall–Kier alpha value is -1.88. The van der Waals surface area contributed by atoms with E-state index in [4.69, 9.17) is 10.8 Å². The van der Waals surface area contributed by atoms with Gasteiger partial charge in [0.2, 0.25) is 5.91 Å². The second-order valence-corrected chi connectivity index (χ2v) is 4.52. The largest absolute Gasteiger partial charge is 0.478 e. The molecule has 0 saturated carbocycles. The molecule has 0 aliphatic carbocycles. The van der Waals surface area contributed by atoms with E-state index in [9.17, 15) is 9.59 Å². The summed E-state index contributed by atoms with van der Waals surface area (Å²) in [6.45, 7) is 3.76. The van der Waals surface area contributed by atoms with Crippen molar-refractivity contribution in [3.05, 3.63) is 29.8 Å². The zero-order chi connectivity index (χ0) is 13.9. The van der Waals surface area contributed by atoms with Crippen LogP contribution in [0.4, 0.5) is 5.69 Å². The van der Waals surface area contributed by atoms with Crippen LogP contribution in [-0.2, 0) is 4.79 Å². The Balaban J connectivity index is 2.87. The average molecular weight is 250 g/mol. The molecule has 0 bridgehead atoms. The molecule has 0 aromatic heterocycles. The lowest BCUT2D eigenvalue weighted by atomic mass is 10.0. The molecule has 18 heavy (non-hydrogen) atoms. The Labute approximate surface area is 106 Å². The maximum Gasteiger partial charge on any atom is 0.335 e. The van der Waals surface area contributed by atoms with Crippen molar-refractivity contribution in [1.29, 1.82) is 0 Å². The third-order valence-electron chi connectivity index (χ3n) is 2.84. The van der Waals surface area contributed by atoms with Crippen molar-refractivity contribution in [2.75, 3.05) is 11.9 Å². The van der Waals surface area contributed by atoms with Gasteiger partial charge in [-0.05, 0) is 30.2 Å². The molecule has 1 aromatic carbocycles. The number of carbonyl (C=O) groups excluding carboxylic acids is 1. The van der Waals surface area contributed by atoms with Gasteiger partial charge in [-0.15, -0.1) is 0 Å². The quantitative estimate of drug-likeness (QED) is 0.844. The molecule has 0 aliphatic rings. The van der Waals surface area contributed by atoms with Gasteiger partial charge in [0.1, 0.15) is 0 Å². The first-order valence-corrected chi connectivity index (χ1v) is 5.71. The fourth-order valence-corrected chi connectivity index (χ4v) is 1.46. The number of aromatic carboxylic acids is 1. The van der Waals surface area contributed by atoms with Gasteiger partial charge in [0.25, 0.3) is 0 Å². The molecule has 0 spiro atoms. The highest BCUT2D eigenvalue weighted by atomic mass is 16.4. The number of hydrogen-bond acceptors (Lipinski definition) is 3. The second kappa shape index (κ2) is 5.64. The Morgan fingerprint density at radius 2 is 1.72 bits per heavy atom. The monoisotopic (exact) mass is 250 g/mol. The Kier molecular flexibility index (Phi) is 4.44. The summed E-state index contributed by atoms with van der Waals surface area (Å²) in [5.41, 5.74) is 6.60. The number of carbonyl (C=O) groups is 2. The number of likely N-dealkylation sites (N-methyl/N-ethyl adjacent to an activating group) is 1. The zero-order valence-electron chi connectivity index (χ0n) is 10.8. The number of carboxylic acids is 1. The van der Waals surface area contributed by atoms with Gasteiger partial charge in [-0.2, -0.15) is 0 Å². The lowest BCUT2D eigenvalue weighted by molar-refractivity contribution is -0.120. The normalized spacial score (nSPS) is 12.3. The number of nitrogens with two attached hydrogens (primary N) is 1. The van der Waals surface area contributed by atoms with Gasteiger partial charge >= 0.3 is 5.97 Å². The predicted octanol–water partition coefficient (Wildman–Crippen LogP) is 1.33. The summed E-state index contributed by atoms with van der Waals surface area (Å²) in [6.07, 6.45) is 0. The van der Waals surface area contributed by atoms with Crippen molar-refractivity contribution in [1.82, 2.24) is 0 Å². The fourth-order valence-electron chi connectivity index (χ4n) is 1.46. The van der Waals surface area contributed by atoms with Crippen LogP contribution in [0.5, 0.6) is 0 Å². The Morgan fingerprint density at radius 1 is 1.22 bits per heavy atom. The van der Waals surface area contributed by atoms with Gasteiger partial charge in [0.15, 0.2) is 0 Å². The highest BCUT2D eigenvalue weighted by Gasteiger charge is 2.22. The zero-order valence-corrected chi connectivity index (χ0v) is 10.8. The molecule has 0 radical (unpaired) electrons. The summed E-state index contributed by atoms with van der Waals surface area (Å²) >= 11 is 0. The maximum atomic E-state index is 12.0. The van der Waals surface area contributed by atoms with E-state index >= 15 is 0 Å². The van der Waals surface area contributed by atoms with Crippen molar-refractivity contribution >= 4 is 17.6 Å². The van der Waals surface area contributed by atoms with E-state index in [0.29, 0.717) is 5.69 Å². The van der Waals surface area contributed by atoms with Crippen LogP contribution in [0.3, 0.4) is 0 Å². The molecule has 98 valence electrons. The highest BCUT2D eigenvalue weighted by molar-refractivity contribution is 5.97. The second-order valence-electron chi connectivity index (χ2n) is 4.52. The van der Waals surface area contributed by atoms with E-state index in [-0.39, 0.29) is 17.4 Å². The van der Waals surface area contributed by atoms with Crippen LogP contribution in [0.15, 0.2) is 24.3 Å². The van der Waals surface area contributed by atoms with Gasteiger partial charge < -0.3 is 15.7 Å². The van der Waals surface area contributed by atoms with E-state index in [1.165, 1.54) is 17.0 Å². The third kappa shape index (κ3) is 3.07. The van der Waals surface area contributed by atoms with Gasteiger partial charge in [0, 0.05) is 12.7 Å². The number of anilines is 1. The van der Waals surface area contributed by atoms with Crippen LogP contribution in [0.1, 0.15) is 24.2 Å². The lowest BCUT2D eigenvalue weighted by Crippen LogP contribution is -2.45. The number of carboxylic acid groups (broad SMARTS) is 1. The van der Waals surface area contributed by atoms with Gasteiger partial charge in [-0.3, -0.25) is 4.79 Å². The van der Waals surface area contributed by atoms with E-state index in [0.717, 1.165) is 0 Å². The fraction of sp³-hybridized carbons (Fsp3) is 0.385. The molecule has 0 aliphatic heterocycles. The molecule has 3 N–H and O–H groups in total. The number of benzene rings is 1. The minimum absolute atomic E-state index is 0.0539. The molecule has 1 atom stereocenters. The van der Waals surface area contributed by atoms with Crippen molar-refractivity contribution in [2.24, 2.45) is 11.7 Å². The van der Waals surface area contributed by atoms with Crippen LogP contribution in [0.2, 0.25) is 0 Å². The third-order valence-corrected chi connectivity index (χ3v) is 2.84. The van der Waals surface area contributed by atoms with Gasteiger partial charge in [0.05, 0.1) is 11.6 Å². The smallest absolute Gasteiger partial charge is 0.335 e. The van der Waals surface area contributed by atoms with Gasteiger partial charge in [-0.25, -0.2) is 4.79 Å². The first-order valence-electron chi connectivity index (χ1n) is 5.71. The number of hydrogen-bond donors (Lipinski definition) is 2. The summed E-state index contributed by atoms with van der Waals surface area (Å²) in [4.78, 5) is 24.1.